The Morgan fingerprint density at radius 3 is 2.05 bits per heavy atom. The molecule has 6 rings (SSSR count). The molecule has 12 heteroatoms. The van der Waals surface area contributed by atoms with Gasteiger partial charge in [-0.05, 0) is 133 Å². The second-order valence-corrected chi connectivity index (χ2v) is 14.7. The predicted molar refractivity (Wildman–Crippen MR) is 210 cm³/mol. The zero-order chi connectivity index (χ0) is 38.8. The van der Waals surface area contributed by atoms with E-state index in [1.807, 2.05) is 18.2 Å². The summed E-state index contributed by atoms with van der Waals surface area (Å²) >= 11 is 0. The molecule has 4 aromatic rings. The van der Waals surface area contributed by atoms with E-state index in [2.05, 4.69) is 46.1 Å². The zero-order valence-electron chi connectivity index (χ0n) is 32.7. The SMILES string of the molecule is CCCCn1c(-c2ccc(Oc3ccc(F)c(C(F)(F)F)c3)cc2CCCN(CC)CC)nc2c(OCCN3CCCC3)cc(OCCN3CCCC3)cc21. The van der Waals surface area contributed by atoms with Gasteiger partial charge in [0.1, 0.15) is 47.6 Å². The molecule has 2 aliphatic rings. The van der Waals surface area contributed by atoms with Gasteiger partial charge in [-0.3, -0.25) is 9.80 Å². The summed E-state index contributed by atoms with van der Waals surface area (Å²) in [5.74, 6) is 1.21. The second kappa shape index (κ2) is 19.3. The van der Waals surface area contributed by atoms with Crippen molar-refractivity contribution in [3.8, 4) is 34.4 Å². The molecular weight excluding hydrogens is 710 g/mol. The van der Waals surface area contributed by atoms with Crippen LogP contribution in [0.3, 0.4) is 0 Å². The molecule has 0 amide bonds. The number of nitrogens with zero attached hydrogens (tertiary/aromatic N) is 5. The number of halogens is 4. The Bertz CT molecular complexity index is 1830. The summed E-state index contributed by atoms with van der Waals surface area (Å²) in [7, 11) is 0. The van der Waals surface area contributed by atoms with Crippen LogP contribution in [0.2, 0.25) is 0 Å². The van der Waals surface area contributed by atoms with Crippen LogP contribution in [0.15, 0.2) is 48.5 Å². The molecule has 0 bridgehead atoms. The molecule has 0 radical (unpaired) electrons. The highest BCUT2D eigenvalue weighted by molar-refractivity contribution is 5.88. The van der Waals surface area contributed by atoms with Gasteiger partial charge in [0.25, 0.3) is 0 Å². The molecule has 2 fully saturated rings. The molecule has 3 aromatic carbocycles. The van der Waals surface area contributed by atoms with Crippen molar-refractivity contribution in [3.63, 3.8) is 0 Å². The van der Waals surface area contributed by atoms with E-state index < -0.39 is 17.6 Å². The maximum Gasteiger partial charge on any atom is 0.419 e. The molecule has 0 unspecified atom stereocenters. The van der Waals surface area contributed by atoms with Crippen molar-refractivity contribution in [2.75, 3.05) is 72.1 Å². The van der Waals surface area contributed by atoms with Crippen molar-refractivity contribution >= 4 is 11.0 Å². The lowest BCUT2D eigenvalue weighted by Gasteiger charge is -2.19. The normalized spacial score (nSPS) is 15.5. The van der Waals surface area contributed by atoms with Crippen LogP contribution in [0.1, 0.15) is 76.8 Å². The molecule has 2 saturated heterocycles. The number of alkyl halides is 3. The first-order valence-electron chi connectivity index (χ1n) is 20.3. The van der Waals surface area contributed by atoms with Gasteiger partial charge in [-0.2, -0.15) is 13.2 Å². The largest absolute Gasteiger partial charge is 0.492 e. The Hall–Kier alpha value is -3.87. The first kappa shape index (κ1) is 40.8. The van der Waals surface area contributed by atoms with Gasteiger partial charge in [-0.1, -0.05) is 27.2 Å². The topological polar surface area (TPSA) is 55.2 Å². The summed E-state index contributed by atoms with van der Waals surface area (Å²) in [4.78, 5) is 12.6. The predicted octanol–water partition coefficient (Wildman–Crippen LogP) is 9.68. The molecule has 0 spiro atoms. The minimum absolute atomic E-state index is 0.0845. The van der Waals surface area contributed by atoms with Gasteiger partial charge in [0.15, 0.2) is 5.75 Å². The molecule has 1 aromatic heterocycles. The fourth-order valence-corrected chi connectivity index (χ4v) is 7.71. The molecule has 300 valence electrons. The molecule has 3 heterocycles. The van der Waals surface area contributed by atoms with Crippen molar-refractivity contribution in [1.82, 2.24) is 24.3 Å². The van der Waals surface area contributed by atoms with Crippen molar-refractivity contribution in [2.45, 2.75) is 84.9 Å². The van der Waals surface area contributed by atoms with Crippen molar-refractivity contribution in [3.05, 3.63) is 65.5 Å². The standard InChI is InChI=1S/C43H57F4N5O3/c1-4-7-23-52-39-30-35(53-26-24-50-18-8-9-19-50)31-40(54-27-25-51-20-10-11-21-51)41(39)48-42(52)36-16-14-33(28-32(36)13-12-22-49(5-2)6-3)55-34-15-17-38(44)37(29-34)43(45,46)47/h14-17,28-31H,4-13,18-27H2,1-3H3. The smallest absolute Gasteiger partial charge is 0.419 e. The number of likely N-dealkylation sites (tertiary alicyclic amines) is 2. The van der Waals surface area contributed by atoms with Gasteiger partial charge >= 0.3 is 6.18 Å². The molecule has 0 saturated carbocycles. The van der Waals surface area contributed by atoms with Gasteiger partial charge in [-0.15, -0.1) is 0 Å². The number of imidazole rings is 1. The van der Waals surface area contributed by atoms with E-state index in [1.54, 1.807) is 6.07 Å². The molecule has 55 heavy (non-hydrogen) atoms. The highest BCUT2D eigenvalue weighted by atomic mass is 19.4. The zero-order valence-corrected chi connectivity index (χ0v) is 32.7. The van der Waals surface area contributed by atoms with E-state index in [4.69, 9.17) is 19.2 Å². The van der Waals surface area contributed by atoms with Crippen LogP contribution < -0.4 is 14.2 Å². The van der Waals surface area contributed by atoms with Crippen molar-refractivity contribution < 1.29 is 31.8 Å². The van der Waals surface area contributed by atoms with Crippen molar-refractivity contribution in [2.24, 2.45) is 0 Å². The molecule has 0 aliphatic carbocycles. The number of ether oxygens (including phenoxy) is 3. The van der Waals surface area contributed by atoms with Crippen LogP contribution in [-0.2, 0) is 19.1 Å². The van der Waals surface area contributed by atoms with Crippen LogP contribution in [0, 0.1) is 5.82 Å². The Morgan fingerprint density at radius 2 is 1.40 bits per heavy atom. The molecule has 0 atom stereocenters. The molecule has 8 nitrogen and oxygen atoms in total. The van der Waals surface area contributed by atoms with Crippen molar-refractivity contribution in [1.29, 1.82) is 0 Å². The summed E-state index contributed by atoms with van der Waals surface area (Å²) in [6, 6.07) is 12.4. The van der Waals surface area contributed by atoms with Gasteiger partial charge in [-0.25, -0.2) is 9.37 Å². The highest BCUT2D eigenvalue weighted by Gasteiger charge is 2.34. The average molecular weight is 768 g/mol. The minimum atomic E-state index is -4.84. The summed E-state index contributed by atoms with van der Waals surface area (Å²) in [5, 5.41) is 0. The highest BCUT2D eigenvalue weighted by Crippen LogP contribution is 2.39. The number of unbranched alkanes of at least 4 members (excludes halogenated alkanes) is 1. The maximum atomic E-state index is 14.1. The second-order valence-electron chi connectivity index (χ2n) is 14.7. The third kappa shape index (κ3) is 10.7. The number of fused-ring (bicyclic) bond motifs is 1. The number of benzene rings is 3. The monoisotopic (exact) mass is 767 g/mol. The number of rotatable bonds is 20. The van der Waals surface area contributed by atoms with E-state index in [0.717, 1.165) is 125 Å². The molecule has 0 N–H and O–H groups in total. The molecule has 2 aliphatic heterocycles. The van der Waals surface area contributed by atoms with Crippen LogP contribution in [0.25, 0.3) is 22.4 Å². The van der Waals surface area contributed by atoms with E-state index in [-0.39, 0.29) is 5.75 Å². The summed E-state index contributed by atoms with van der Waals surface area (Å²) < 4.78 is 75.9. The quantitative estimate of drug-likeness (QED) is 0.0831. The average Bonchev–Trinajstić information content (AvgIpc) is 3.96. The first-order valence-corrected chi connectivity index (χ1v) is 20.3. The van der Waals surface area contributed by atoms with Gasteiger partial charge in [0.05, 0.1) is 11.1 Å². The van der Waals surface area contributed by atoms with Crippen LogP contribution >= 0.6 is 0 Å². The Kier molecular flexibility index (Phi) is 14.3. The van der Waals surface area contributed by atoms with E-state index >= 15 is 0 Å². The lowest BCUT2D eigenvalue weighted by atomic mass is 10.0. The Morgan fingerprint density at radius 1 is 0.745 bits per heavy atom. The summed E-state index contributed by atoms with van der Waals surface area (Å²) in [6.45, 7) is 17.2. The summed E-state index contributed by atoms with van der Waals surface area (Å²) in [6.07, 6.45) is 3.55. The van der Waals surface area contributed by atoms with Crippen LogP contribution in [0.5, 0.6) is 23.0 Å². The Balaban J connectivity index is 1.38. The van der Waals surface area contributed by atoms with E-state index in [1.165, 1.54) is 31.7 Å². The number of hydrogen-bond donors (Lipinski definition) is 0. The van der Waals surface area contributed by atoms with Crippen LogP contribution in [-0.4, -0.2) is 96.4 Å². The third-order valence-electron chi connectivity index (χ3n) is 10.9. The van der Waals surface area contributed by atoms with Gasteiger partial charge in [0.2, 0.25) is 0 Å². The Labute approximate surface area is 323 Å². The number of aryl methyl sites for hydroxylation is 2. The number of aromatic nitrogens is 2. The van der Waals surface area contributed by atoms with Gasteiger partial charge < -0.3 is 23.7 Å². The minimum Gasteiger partial charge on any atom is -0.492 e. The lowest BCUT2D eigenvalue weighted by Crippen LogP contribution is -2.25. The first-order chi connectivity index (χ1) is 26.7. The van der Waals surface area contributed by atoms with Gasteiger partial charge in [0, 0.05) is 37.3 Å². The number of hydrogen-bond acceptors (Lipinski definition) is 7. The van der Waals surface area contributed by atoms with E-state index in [0.29, 0.717) is 37.2 Å². The lowest BCUT2D eigenvalue weighted by molar-refractivity contribution is -0.140. The molecular formula is C43H57F4N5O3. The third-order valence-corrected chi connectivity index (χ3v) is 10.9. The van der Waals surface area contributed by atoms with Crippen LogP contribution in [0.4, 0.5) is 17.6 Å². The maximum absolute atomic E-state index is 14.1. The fourth-order valence-electron chi connectivity index (χ4n) is 7.71. The summed E-state index contributed by atoms with van der Waals surface area (Å²) in [5.41, 5.74) is 2.25. The van der Waals surface area contributed by atoms with E-state index in [9.17, 15) is 17.6 Å². The fraction of sp³-hybridized carbons (Fsp3) is 0.558.